The van der Waals surface area contributed by atoms with Gasteiger partial charge in [-0.1, -0.05) is 0 Å². The first kappa shape index (κ1) is 16.3. The number of carbonyl (C=O) groups is 2. The van der Waals surface area contributed by atoms with Gasteiger partial charge in [-0.25, -0.2) is 9.59 Å². The van der Waals surface area contributed by atoms with Crippen molar-refractivity contribution >= 4 is 23.0 Å². The van der Waals surface area contributed by atoms with E-state index in [1.165, 1.54) is 6.92 Å². The van der Waals surface area contributed by atoms with Crippen molar-refractivity contribution in [1.29, 1.82) is 0 Å². The molecule has 0 amide bonds. The van der Waals surface area contributed by atoms with E-state index in [4.69, 9.17) is 15.2 Å². The molecular weight excluding hydrogens is 290 g/mol. The highest BCUT2D eigenvalue weighted by molar-refractivity contribution is 8.13. The average molecular weight is 305 g/mol. The van der Waals surface area contributed by atoms with Crippen molar-refractivity contribution in [2.45, 2.75) is 26.5 Å². The second kappa shape index (κ2) is 7.75. The van der Waals surface area contributed by atoms with Crippen molar-refractivity contribution in [2.24, 2.45) is 5.73 Å². The summed E-state index contributed by atoms with van der Waals surface area (Å²) in [6.07, 6.45) is 0. The van der Waals surface area contributed by atoms with E-state index in [2.05, 4.69) is 8.83 Å². The Morgan fingerprint density at radius 1 is 1.35 bits per heavy atom. The molecule has 0 aliphatic rings. The monoisotopic (exact) mass is 305 g/mol. The number of esters is 1. The zero-order chi connectivity index (χ0) is 15.1. The lowest BCUT2D eigenvalue weighted by Gasteiger charge is -2.09. The van der Waals surface area contributed by atoms with Crippen molar-refractivity contribution in [2.75, 3.05) is 12.4 Å². The number of nitrogens with two attached hydrogens (primary N) is 1. The van der Waals surface area contributed by atoms with Crippen LogP contribution in [0.3, 0.4) is 0 Å². The zero-order valence-corrected chi connectivity index (χ0v) is 11.9. The van der Waals surface area contributed by atoms with Gasteiger partial charge < -0.3 is 24.0 Å². The van der Waals surface area contributed by atoms with E-state index in [1.807, 2.05) is 0 Å². The van der Waals surface area contributed by atoms with Gasteiger partial charge in [0.05, 0.1) is 6.61 Å². The lowest BCUT2D eigenvalue weighted by Crippen LogP contribution is -2.35. The highest BCUT2D eigenvalue weighted by Crippen LogP contribution is 2.12. The van der Waals surface area contributed by atoms with Crippen molar-refractivity contribution in [3.05, 3.63) is 22.1 Å². The minimum atomic E-state index is -0.902. The topological polar surface area (TPSA) is 122 Å². The fraction of sp³-hybridized carbons (Fsp3) is 0.545. The summed E-state index contributed by atoms with van der Waals surface area (Å²) in [6.45, 7) is 3.17. The number of carbonyl (C=O) groups excluding carboxylic acids is 2. The van der Waals surface area contributed by atoms with Crippen molar-refractivity contribution in [1.82, 2.24) is 0 Å². The molecule has 0 unspecified atom stereocenters. The molecule has 9 heteroatoms. The molecular formula is C11H15NO7S. The Bertz CT molecular complexity index is 521. The van der Waals surface area contributed by atoms with Crippen LogP contribution in [0, 0.1) is 6.92 Å². The Labute approximate surface area is 118 Å². The molecule has 1 aromatic rings. The molecule has 0 radical (unpaired) electrons. The molecule has 112 valence electrons. The standard InChI is InChI=1S/C11H15NO7S/c1-3-16-9(13)7(12)5-20-11(15)17-4-8-6(2)18-10(14)19-8/h7H,3-5,12H2,1-2H3/t7-/m0/s1. The number of ether oxygens (including phenoxy) is 2. The summed E-state index contributed by atoms with van der Waals surface area (Å²) in [5.41, 5.74) is 5.51. The first-order valence-electron chi connectivity index (χ1n) is 5.75. The molecule has 0 aromatic carbocycles. The van der Waals surface area contributed by atoms with Crippen LogP contribution < -0.4 is 11.6 Å². The van der Waals surface area contributed by atoms with Gasteiger partial charge in [-0.2, -0.15) is 0 Å². The Morgan fingerprint density at radius 2 is 2.05 bits per heavy atom. The molecule has 0 spiro atoms. The molecule has 0 fully saturated rings. The molecule has 0 aliphatic heterocycles. The van der Waals surface area contributed by atoms with Crippen LogP contribution in [0.2, 0.25) is 0 Å². The van der Waals surface area contributed by atoms with Crippen LogP contribution in [0.1, 0.15) is 18.4 Å². The Morgan fingerprint density at radius 3 is 2.60 bits per heavy atom. The molecule has 0 saturated carbocycles. The molecule has 1 heterocycles. The largest absolute Gasteiger partial charge is 0.519 e. The quantitative estimate of drug-likeness (QED) is 0.760. The second-order valence-corrected chi connectivity index (χ2v) is 4.60. The Hall–Kier alpha value is -1.74. The van der Waals surface area contributed by atoms with E-state index >= 15 is 0 Å². The zero-order valence-electron chi connectivity index (χ0n) is 11.0. The van der Waals surface area contributed by atoms with Gasteiger partial charge in [0, 0.05) is 5.75 Å². The highest BCUT2D eigenvalue weighted by Gasteiger charge is 2.18. The number of rotatable bonds is 6. The van der Waals surface area contributed by atoms with Gasteiger partial charge in [-0.05, 0) is 25.6 Å². The van der Waals surface area contributed by atoms with Gasteiger partial charge in [0.2, 0.25) is 0 Å². The molecule has 1 aromatic heterocycles. The van der Waals surface area contributed by atoms with Crippen LogP contribution >= 0.6 is 11.8 Å². The number of thioether (sulfide) groups is 1. The number of hydrogen-bond donors (Lipinski definition) is 1. The van der Waals surface area contributed by atoms with E-state index in [0.29, 0.717) is 0 Å². The summed E-state index contributed by atoms with van der Waals surface area (Å²) in [5.74, 6) is -1.02. The fourth-order valence-corrected chi connectivity index (χ4v) is 1.74. The Kier molecular flexibility index (Phi) is 6.32. The third-order valence-corrected chi connectivity index (χ3v) is 3.01. The third-order valence-electron chi connectivity index (χ3n) is 2.13. The van der Waals surface area contributed by atoms with Crippen molar-refractivity contribution in [3.63, 3.8) is 0 Å². The summed E-state index contributed by atoms with van der Waals surface area (Å²) >= 11 is 0.733. The van der Waals surface area contributed by atoms with Gasteiger partial charge in [-0.3, -0.25) is 4.79 Å². The summed E-state index contributed by atoms with van der Waals surface area (Å²) in [6, 6.07) is -0.902. The summed E-state index contributed by atoms with van der Waals surface area (Å²) in [7, 11) is 0. The molecule has 20 heavy (non-hydrogen) atoms. The minimum Gasteiger partial charge on any atom is -0.465 e. The number of hydrogen-bond acceptors (Lipinski definition) is 9. The van der Waals surface area contributed by atoms with Gasteiger partial charge in [0.1, 0.15) is 6.04 Å². The maximum Gasteiger partial charge on any atom is 0.519 e. The maximum absolute atomic E-state index is 11.4. The van der Waals surface area contributed by atoms with E-state index in [1.54, 1.807) is 6.92 Å². The summed E-state index contributed by atoms with van der Waals surface area (Å²) in [4.78, 5) is 33.4. The molecule has 1 atom stereocenters. The van der Waals surface area contributed by atoms with Gasteiger partial charge in [0.15, 0.2) is 18.1 Å². The lowest BCUT2D eigenvalue weighted by molar-refractivity contribution is -0.144. The van der Waals surface area contributed by atoms with E-state index in [-0.39, 0.29) is 30.5 Å². The van der Waals surface area contributed by atoms with Gasteiger partial charge >= 0.3 is 17.1 Å². The average Bonchev–Trinajstić information content (AvgIpc) is 2.72. The van der Waals surface area contributed by atoms with Crippen LogP contribution in [0.15, 0.2) is 13.6 Å². The van der Waals surface area contributed by atoms with E-state index in [9.17, 15) is 14.4 Å². The fourth-order valence-electron chi connectivity index (χ4n) is 1.15. The minimum absolute atomic E-state index is 0.0337. The molecule has 1 rings (SSSR count). The number of aryl methyl sites for hydroxylation is 1. The first-order valence-corrected chi connectivity index (χ1v) is 6.73. The first-order chi connectivity index (χ1) is 9.43. The molecule has 0 aliphatic carbocycles. The van der Waals surface area contributed by atoms with Crippen LogP contribution in [-0.2, 0) is 20.9 Å². The van der Waals surface area contributed by atoms with Crippen molar-refractivity contribution in [3.8, 4) is 0 Å². The Balaban J connectivity index is 2.32. The second-order valence-electron chi connectivity index (χ2n) is 3.64. The third kappa shape index (κ3) is 5.10. The molecule has 2 N–H and O–H groups in total. The van der Waals surface area contributed by atoms with Crippen LogP contribution in [0.25, 0.3) is 0 Å². The molecule has 0 bridgehead atoms. The summed E-state index contributed by atoms with van der Waals surface area (Å²) in [5, 5.41) is -0.645. The predicted molar refractivity (Wildman–Crippen MR) is 69.2 cm³/mol. The molecule has 8 nitrogen and oxygen atoms in total. The molecule has 0 saturated heterocycles. The summed E-state index contributed by atoms with van der Waals surface area (Å²) < 4.78 is 18.8. The SMILES string of the molecule is CCOC(=O)[C@@H](N)CSC(=O)OCc1oc(=O)oc1C. The highest BCUT2D eigenvalue weighted by atomic mass is 32.2. The van der Waals surface area contributed by atoms with Gasteiger partial charge in [-0.15, -0.1) is 0 Å². The maximum atomic E-state index is 11.4. The van der Waals surface area contributed by atoms with Crippen LogP contribution in [-0.4, -0.2) is 29.7 Å². The van der Waals surface area contributed by atoms with E-state index < -0.39 is 23.1 Å². The predicted octanol–water partition coefficient (Wildman–Crippen LogP) is 0.801. The van der Waals surface area contributed by atoms with Crippen molar-refractivity contribution < 1.29 is 27.9 Å². The van der Waals surface area contributed by atoms with E-state index in [0.717, 1.165) is 11.8 Å². The lowest BCUT2D eigenvalue weighted by atomic mass is 10.4. The van der Waals surface area contributed by atoms with Crippen LogP contribution in [0.4, 0.5) is 4.79 Å². The van der Waals surface area contributed by atoms with Crippen LogP contribution in [0.5, 0.6) is 0 Å². The normalized spacial score (nSPS) is 11.9. The smallest absolute Gasteiger partial charge is 0.465 e. The van der Waals surface area contributed by atoms with Gasteiger partial charge in [0.25, 0.3) is 0 Å².